The minimum atomic E-state index is -0.975. The van der Waals surface area contributed by atoms with Gasteiger partial charge in [0.25, 0.3) is 5.91 Å². The molecule has 0 saturated heterocycles. The first kappa shape index (κ1) is 17.2. The number of hydrogen-bond acceptors (Lipinski definition) is 6. The van der Waals surface area contributed by atoms with E-state index in [9.17, 15) is 9.59 Å². The van der Waals surface area contributed by atoms with E-state index < -0.39 is 23.9 Å². The third-order valence-corrected chi connectivity index (χ3v) is 3.96. The first-order valence-electron chi connectivity index (χ1n) is 7.72. The molecule has 1 aromatic carbocycles. The number of anilines is 1. The fourth-order valence-corrected chi connectivity index (χ4v) is 2.61. The monoisotopic (exact) mass is 361 g/mol. The van der Waals surface area contributed by atoms with Crippen molar-refractivity contribution in [1.29, 1.82) is 0 Å². The average Bonchev–Trinajstić information content (AvgIpc) is 2.61. The molecule has 2 atom stereocenters. The van der Waals surface area contributed by atoms with Crippen molar-refractivity contribution in [3.63, 3.8) is 0 Å². The summed E-state index contributed by atoms with van der Waals surface area (Å²) in [7, 11) is 0. The quantitative estimate of drug-likeness (QED) is 0.840. The van der Waals surface area contributed by atoms with Crippen molar-refractivity contribution in [2.45, 2.75) is 19.4 Å². The van der Waals surface area contributed by atoms with Gasteiger partial charge in [-0.3, -0.25) is 14.9 Å². The highest BCUT2D eigenvalue weighted by Crippen LogP contribution is 2.30. The lowest BCUT2D eigenvalue weighted by Gasteiger charge is -2.25. The van der Waals surface area contributed by atoms with Crippen LogP contribution >= 0.6 is 11.6 Å². The van der Waals surface area contributed by atoms with Crippen molar-refractivity contribution in [2.24, 2.45) is 5.92 Å². The summed E-state index contributed by atoms with van der Waals surface area (Å²) in [4.78, 5) is 32.1. The zero-order chi connectivity index (χ0) is 17.8. The molecule has 1 N–H and O–H groups in total. The van der Waals surface area contributed by atoms with E-state index in [1.165, 1.54) is 19.3 Å². The van der Waals surface area contributed by atoms with Gasteiger partial charge in [-0.15, -0.1) is 0 Å². The molecule has 25 heavy (non-hydrogen) atoms. The smallest absolute Gasteiger partial charge is 0.313 e. The maximum absolute atomic E-state index is 12.3. The van der Waals surface area contributed by atoms with Gasteiger partial charge in [-0.25, -0.2) is 9.97 Å². The minimum absolute atomic E-state index is 0.153. The molecule has 2 unspecified atom stereocenters. The average molecular weight is 362 g/mol. The van der Waals surface area contributed by atoms with Crippen LogP contribution in [0.5, 0.6) is 5.75 Å². The zero-order valence-electron chi connectivity index (χ0n) is 13.4. The molecule has 0 bridgehead atoms. The second-order valence-corrected chi connectivity index (χ2v) is 6.04. The van der Waals surface area contributed by atoms with E-state index in [0.29, 0.717) is 17.2 Å². The predicted molar refractivity (Wildman–Crippen MR) is 90.4 cm³/mol. The normalized spacial score (nSPS) is 17.0. The fraction of sp³-hybridized carbons (Fsp3) is 0.294. The molecule has 0 spiro atoms. The van der Waals surface area contributed by atoms with Gasteiger partial charge >= 0.3 is 5.97 Å². The number of halogens is 1. The molecule has 0 fully saturated rings. The highest BCUT2D eigenvalue weighted by atomic mass is 35.5. The van der Waals surface area contributed by atoms with Crippen LogP contribution in [0, 0.1) is 5.92 Å². The molecule has 1 aliphatic rings. The van der Waals surface area contributed by atoms with Crippen molar-refractivity contribution in [1.82, 2.24) is 9.97 Å². The van der Waals surface area contributed by atoms with E-state index in [2.05, 4.69) is 15.3 Å². The van der Waals surface area contributed by atoms with Crippen LogP contribution in [0.4, 0.5) is 5.95 Å². The molecule has 1 aliphatic heterocycles. The van der Waals surface area contributed by atoms with E-state index in [4.69, 9.17) is 21.1 Å². The summed E-state index contributed by atoms with van der Waals surface area (Å²) in [5.41, 5.74) is 0.843. The molecule has 3 rings (SSSR count). The number of ether oxygens (including phenoxy) is 2. The number of hydrogen-bond donors (Lipinski definition) is 1. The predicted octanol–water partition coefficient (Wildman–Crippen LogP) is 2.25. The molecule has 1 aromatic heterocycles. The number of fused-ring (bicyclic) bond motifs is 1. The summed E-state index contributed by atoms with van der Waals surface area (Å²) in [6.45, 7) is 1.69. The van der Waals surface area contributed by atoms with Crippen LogP contribution in [0.1, 0.15) is 12.5 Å². The lowest BCUT2D eigenvalue weighted by atomic mass is 9.97. The second-order valence-electron chi connectivity index (χ2n) is 5.60. The van der Waals surface area contributed by atoms with Crippen LogP contribution in [-0.2, 0) is 20.7 Å². The van der Waals surface area contributed by atoms with E-state index >= 15 is 0 Å². The van der Waals surface area contributed by atoms with Crippen molar-refractivity contribution in [3.05, 3.63) is 47.2 Å². The topological polar surface area (TPSA) is 90.4 Å². The Labute approximate surface area is 149 Å². The van der Waals surface area contributed by atoms with Gasteiger partial charge in [-0.1, -0.05) is 11.6 Å². The number of carbonyl (C=O) groups excluding carboxylic acids is 2. The molecule has 130 valence electrons. The highest BCUT2D eigenvalue weighted by molar-refractivity contribution is 6.30. The van der Waals surface area contributed by atoms with Gasteiger partial charge in [0.05, 0.1) is 5.92 Å². The maximum atomic E-state index is 12.3. The zero-order valence-corrected chi connectivity index (χ0v) is 14.2. The summed E-state index contributed by atoms with van der Waals surface area (Å²) < 4.78 is 10.8. The van der Waals surface area contributed by atoms with E-state index in [1.54, 1.807) is 24.3 Å². The summed E-state index contributed by atoms with van der Waals surface area (Å²) in [6, 6.07) is 6.90. The number of amides is 1. The largest absolute Gasteiger partial charge is 0.492 e. The summed E-state index contributed by atoms with van der Waals surface area (Å²) in [5.74, 6) is -0.628. The highest BCUT2D eigenvalue weighted by Gasteiger charge is 2.30. The third kappa shape index (κ3) is 4.24. The Morgan fingerprint density at radius 1 is 1.36 bits per heavy atom. The number of rotatable bonds is 4. The summed E-state index contributed by atoms with van der Waals surface area (Å²) >= 11 is 5.97. The molecule has 0 saturated carbocycles. The van der Waals surface area contributed by atoms with Gasteiger partial charge in [-0.05, 0) is 43.2 Å². The molecular formula is C17H16ClN3O4. The van der Waals surface area contributed by atoms with E-state index in [-0.39, 0.29) is 12.6 Å². The Hall–Kier alpha value is -2.67. The van der Waals surface area contributed by atoms with Gasteiger partial charge in [-0.2, -0.15) is 0 Å². The van der Waals surface area contributed by atoms with Crippen LogP contribution in [0.3, 0.4) is 0 Å². The molecule has 1 amide bonds. The molecule has 2 aromatic rings. The third-order valence-electron chi connectivity index (χ3n) is 3.73. The SMILES string of the molecule is CC(OC(=O)C1COc2ccc(Cl)cc2C1)C(=O)Nc1ncccn1. The molecule has 8 heteroatoms. The van der Waals surface area contributed by atoms with Gasteiger partial charge in [0.2, 0.25) is 5.95 Å². The van der Waals surface area contributed by atoms with Crippen LogP contribution < -0.4 is 10.1 Å². The van der Waals surface area contributed by atoms with Crippen LogP contribution in [0.2, 0.25) is 5.02 Å². The van der Waals surface area contributed by atoms with Gasteiger partial charge in [0.1, 0.15) is 12.4 Å². The number of nitrogens with zero attached hydrogens (tertiary/aromatic N) is 2. The van der Waals surface area contributed by atoms with Crippen LogP contribution in [0.15, 0.2) is 36.7 Å². The van der Waals surface area contributed by atoms with Crippen molar-refractivity contribution in [3.8, 4) is 5.75 Å². The number of aromatic nitrogens is 2. The molecule has 0 aliphatic carbocycles. The number of carbonyl (C=O) groups is 2. The van der Waals surface area contributed by atoms with Gasteiger partial charge in [0.15, 0.2) is 6.10 Å². The van der Waals surface area contributed by atoms with E-state index in [1.807, 2.05) is 0 Å². The lowest BCUT2D eigenvalue weighted by Crippen LogP contribution is -2.36. The fourth-order valence-electron chi connectivity index (χ4n) is 2.41. The van der Waals surface area contributed by atoms with Crippen molar-refractivity contribution in [2.75, 3.05) is 11.9 Å². The first-order chi connectivity index (χ1) is 12.0. The second kappa shape index (κ2) is 7.48. The molecule has 2 heterocycles. The Morgan fingerprint density at radius 2 is 2.12 bits per heavy atom. The molecular weight excluding hydrogens is 346 g/mol. The number of benzene rings is 1. The Morgan fingerprint density at radius 3 is 2.88 bits per heavy atom. The Kier molecular flexibility index (Phi) is 5.14. The standard InChI is InChI=1S/C17H16ClN3O4/c1-10(15(22)21-17-19-5-2-6-20-17)25-16(23)12-7-11-8-13(18)3-4-14(11)24-9-12/h2-6,8,10,12H,7,9H2,1H3,(H,19,20,21,22). The summed E-state index contributed by atoms with van der Waals surface area (Å²) in [6.07, 6.45) is 2.48. The van der Waals surface area contributed by atoms with Gasteiger partial charge in [0, 0.05) is 17.4 Å². The summed E-state index contributed by atoms with van der Waals surface area (Å²) in [5, 5.41) is 3.06. The number of esters is 1. The van der Waals surface area contributed by atoms with Crippen LogP contribution in [0.25, 0.3) is 0 Å². The maximum Gasteiger partial charge on any atom is 0.313 e. The molecule has 0 radical (unpaired) electrons. The van der Waals surface area contributed by atoms with Gasteiger partial charge < -0.3 is 9.47 Å². The Bertz CT molecular complexity index is 785. The minimum Gasteiger partial charge on any atom is -0.492 e. The van der Waals surface area contributed by atoms with Crippen molar-refractivity contribution >= 4 is 29.4 Å². The number of nitrogens with one attached hydrogen (secondary N) is 1. The van der Waals surface area contributed by atoms with Crippen LogP contribution in [-0.4, -0.2) is 34.6 Å². The molecule has 7 nitrogen and oxygen atoms in total. The van der Waals surface area contributed by atoms with Crippen molar-refractivity contribution < 1.29 is 19.1 Å². The Balaban J connectivity index is 1.57. The lowest BCUT2D eigenvalue weighted by molar-refractivity contribution is -0.158. The first-order valence-corrected chi connectivity index (χ1v) is 8.10. The van der Waals surface area contributed by atoms with E-state index in [0.717, 1.165) is 5.56 Å².